The van der Waals surface area contributed by atoms with Crippen molar-refractivity contribution in [1.29, 1.82) is 0 Å². The van der Waals surface area contributed by atoms with E-state index in [1.54, 1.807) is 11.3 Å². The van der Waals surface area contributed by atoms with Crippen LogP contribution < -0.4 is 5.32 Å². The van der Waals surface area contributed by atoms with Gasteiger partial charge in [0, 0.05) is 31.7 Å². The molecule has 0 amide bonds. The first-order chi connectivity index (χ1) is 12.8. The molecule has 4 rings (SSSR count). The third-order valence-electron chi connectivity index (χ3n) is 4.71. The van der Waals surface area contributed by atoms with Crippen molar-refractivity contribution in [2.75, 3.05) is 32.8 Å². The highest BCUT2D eigenvalue weighted by Gasteiger charge is 2.25. The van der Waals surface area contributed by atoms with Gasteiger partial charge in [-0.3, -0.25) is 10.00 Å². The molecule has 3 aromatic heterocycles. The summed E-state index contributed by atoms with van der Waals surface area (Å²) in [5, 5.41) is 13.0. The predicted octanol–water partition coefficient (Wildman–Crippen LogP) is 3.20. The van der Waals surface area contributed by atoms with Gasteiger partial charge in [-0.25, -0.2) is 0 Å². The number of nitrogens with one attached hydrogen (secondary N) is 2. The first kappa shape index (κ1) is 17.5. The molecule has 0 radical (unpaired) electrons. The van der Waals surface area contributed by atoms with Crippen LogP contribution in [-0.2, 0) is 11.3 Å². The third kappa shape index (κ3) is 3.91. The van der Waals surface area contributed by atoms with E-state index in [2.05, 4.69) is 44.0 Å². The number of nitrogens with zero attached hydrogens (tertiary/aromatic N) is 2. The summed E-state index contributed by atoms with van der Waals surface area (Å²) in [6.07, 6.45) is 1.91. The van der Waals surface area contributed by atoms with Gasteiger partial charge in [0.05, 0.1) is 36.0 Å². The summed E-state index contributed by atoms with van der Waals surface area (Å²) in [6, 6.07) is 8.51. The fraction of sp³-hybridized carbons (Fsp3) is 0.421. The van der Waals surface area contributed by atoms with Crippen LogP contribution in [0.1, 0.15) is 23.1 Å². The van der Waals surface area contributed by atoms with Crippen molar-refractivity contribution >= 4 is 11.3 Å². The Bertz CT molecular complexity index is 805. The summed E-state index contributed by atoms with van der Waals surface area (Å²) < 4.78 is 11.4. The molecule has 1 aliphatic heterocycles. The van der Waals surface area contributed by atoms with Crippen molar-refractivity contribution in [1.82, 2.24) is 20.4 Å². The average Bonchev–Trinajstić information content (AvgIpc) is 3.41. The minimum absolute atomic E-state index is 0.213. The Kier molecular flexibility index (Phi) is 5.50. The van der Waals surface area contributed by atoms with E-state index < -0.39 is 0 Å². The second-order valence-electron chi connectivity index (χ2n) is 6.49. The topological polar surface area (TPSA) is 66.3 Å². The molecule has 7 heteroatoms. The van der Waals surface area contributed by atoms with E-state index >= 15 is 0 Å². The lowest BCUT2D eigenvalue weighted by molar-refractivity contribution is 0.0115. The van der Waals surface area contributed by atoms with Gasteiger partial charge in [-0.05, 0) is 30.5 Å². The Morgan fingerprint density at radius 2 is 2.19 bits per heavy atom. The number of rotatable bonds is 7. The number of aromatic nitrogens is 2. The SMILES string of the molecule is Cc1ccc(C(CNCc2cn[nH]c2-c2cccs2)N2CCOCC2)o1. The molecule has 2 N–H and O–H groups in total. The van der Waals surface area contributed by atoms with E-state index in [1.165, 1.54) is 10.4 Å². The number of aromatic amines is 1. The van der Waals surface area contributed by atoms with Crippen LogP contribution in [0.25, 0.3) is 10.6 Å². The van der Waals surface area contributed by atoms with Gasteiger partial charge >= 0.3 is 0 Å². The molecule has 1 fully saturated rings. The van der Waals surface area contributed by atoms with Crippen molar-refractivity contribution in [3.63, 3.8) is 0 Å². The van der Waals surface area contributed by atoms with Crippen molar-refractivity contribution in [2.24, 2.45) is 0 Å². The maximum atomic E-state index is 5.93. The monoisotopic (exact) mass is 372 g/mol. The lowest BCUT2D eigenvalue weighted by atomic mass is 10.1. The number of H-pyrrole nitrogens is 1. The van der Waals surface area contributed by atoms with Crippen LogP contribution >= 0.6 is 11.3 Å². The lowest BCUT2D eigenvalue weighted by Crippen LogP contribution is -2.42. The van der Waals surface area contributed by atoms with E-state index in [0.717, 1.165) is 56.6 Å². The lowest BCUT2D eigenvalue weighted by Gasteiger charge is -2.33. The zero-order valence-corrected chi connectivity index (χ0v) is 15.7. The molecule has 4 heterocycles. The van der Waals surface area contributed by atoms with Crippen LogP contribution in [0.3, 0.4) is 0 Å². The first-order valence-corrected chi connectivity index (χ1v) is 9.84. The van der Waals surface area contributed by atoms with Crippen LogP contribution in [0.2, 0.25) is 0 Å². The van der Waals surface area contributed by atoms with Gasteiger partial charge in [0.2, 0.25) is 0 Å². The molecular formula is C19H24N4O2S. The maximum Gasteiger partial charge on any atom is 0.122 e. The second-order valence-corrected chi connectivity index (χ2v) is 7.44. The molecule has 0 saturated carbocycles. The molecule has 0 aromatic carbocycles. The smallest absolute Gasteiger partial charge is 0.122 e. The maximum absolute atomic E-state index is 5.93. The Morgan fingerprint density at radius 1 is 1.31 bits per heavy atom. The molecule has 1 unspecified atom stereocenters. The summed E-state index contributed by atoms with van der Waals surface area (Å²) in [5.74, 6) is 1.97. The molecule has 0 bridgehead atoms. The van der Waals surface area contributed by atoms with Gasteiger partial charge in [0.25, 0.3) is 0 Å². The van der Waals surface area contributed by atoms with Gasteiger partial charge in [0.1, 0.15) is 11.5 Å². The quantitative estimate of drug-likeness (QED) is 0.667. The predicted molar refractivity (Wildman–Crippen MR) is 102 cm³/mol. The van der Waals surface area contributed by atoms with Gasteiger partial charge < -0.3 is 14.5 Å². The van der Waals surface area contributed by atoms with E-state index in [0.29, 0.717) is 0 Å². The van der Waals surface area contributed by atoms with Crippen molar-refractivity contribution in [3.8, 4) is 10.6 Å². The molecule has 3 aromatic rings. The van der Waals surface area contributed by atoms with Gasteiger partial charge in [-0.2, -0.15) is 5.10 Å². The van der Waals surface area contributed by atoms with E-state index in [4.69, 9.17) is 9.15 Å². The van der Waals surface area contributed by atoms with E-state index in [9.17, 15) is 0 Å². The van der Waals surface area contributed by atoms with Crippen molar-refractivity contribution < 1.29 is 9.15 Å². The molecule has 0 aliphatic carbocycles. The molecule has 26 heavy (non-hydrogen) atoms. The minimum Gasteiger partial charge on any atom is -0.465 e. The van der Waals surface area contributed by atoms with Gasteiger partial charge in [-0.15, -0.1) is 11.3 Å². The van der Waals surface area contributed by atoms with E-state index in [-0.39, 0.29) is 6.04 Å². The van der Waals surface area contributed by atoms with Crippen LogP contribution in [0.4, 0.5) is 0 Å². The van der Waals surface area contributed by atoms with Crippen LogP contribution in [0.15, 0.2) is 40.3 Å². The van der Waals surface area contributed by atoms with Gasteiger partial charge in [-0.1, -0.05) is 6.07 Å². The van der Waals surface area contributed by atoms with Crippen LogP contribution in [0.5, 0.6) is 0 Å². The second kappa shape index (κ2) is 8.18. The number of thiophene rings is 1. The fourth-order valence-electron chi connectivity index (χ4n) is 3.35. The largest absolute Gasteiger partial charge is 0.465 e. The highest BCUT2D eigenvalue weighted by molar-refractivity contribution is 7.13. The van der Waals surface area contributed by atoms with Crippen LogP contribution in [0, 0.1) is 6.92 Å². The molecule has 0 spiro atoms. The molecular weight excluding hydrogens is 348 g/mol. The standard InChI is InChI=1S/C19H24N4O2S/c1-14-4-5-17(25-14)16(23-6-8-24-9-7-23)13-20-11-15-12-21-22-19(15)18-3-2-10-26-18/h2-5,10,12,16,20H,6-9,11,13H2,1H3,(H,21,22). The summed E-state index contributed by atoms with van der Waals surface area (Å²) in [5.41, 5.74) is 2.29. The number of hydrogen-bond donors (Lipinski definition) is 2. The van der Waals surface area contributed by atoms with Crippen LogP contribution in [-0.4, -0.2) is 47.9 Å². The number of aryl methyl sites for hydroxylation is 1. The zero-order valence-electron chi connectivity index (χ0n) is 14.9. The number of morpholine rings is 1. The first-order valence-electron chi connectivity index (χ1n) is 8.96. The van der Waals surface area contributed by atoms with Crippen molar-refractivity contribution in [3.05, 3.63) is 52.9 Å². The fourth-order valence-corrected chi connectivity index (χ4v) is 4.11. The number of furan rings is 1. The van der Waals surface area contributed by atoms with E-state index in [1.807, 2.05) is 19.2 Å². The summed E-state index contributed by atoms with van der Waals surface area (Å²) in [4.78, 5) is 3.65. The Morgan fingerprint density at radius 3 is 2.92 bits per heavy atom. The third-order valence-corrected chi connectivity index (χ3v) is 5.60. The normalized spacial score (nSPS) is 16.8. The summed E-state index contributed by atoms with van der Waals surface area (Å²) in [7, 11) is 0. The molecule has 138 valence electrons. The number of ether oxygens (including phenoxy) is 1. The minimum atomic E-state index is 0.213. The Hall–Kier alpha value is -1.93. The average molecular weight is 372 g/mol. The summed E-state index contributed by atoms with van der Waals surface area (Å²) >= 11 is 1.72. The zero-order chi connectivity index (χ0) is 17.8. The highest BCUT2D eigenvalue weighted by atomic mass is 32.1. The number of hydrogen-bond acceptors (Lipinski definition) is 6. The Labute approximate surface area is 157 Å². The van der Waals surface area contributed by atoms with Crippen molar-refractivity contribution in [2.45, 2.75) is 19.5 Å². The van der Waals surface area contributed by atoms with Gasteiger partial charge in [0.15, 0.2) is 0 Å². The Balaban J connectivity index is 1.43. The summed E-state index contributed by atoms with van der Waals surface area (Å²) in [6.45, 7) is 7.00. The molecule has 1 saturated heterocycles. The highest BCUT2D eigenvalue weighted by Crippen LogP contribution is 2.26. The molecule has 6 nitrogen and oxygen atoms in total. The molecule has 1 atom stereocenters. The molecule has 1 aliphatic rings.